The molecule has 2 aromatic heterocycles. The number of sulfone groups is 1. The molecule has 0 fully saturated rings. The van der Waals surface area contributed by atoms with Crippen molar-refractivity contribution in [2.75, 3.05) is 12.8 Å². The van der Waals surface area contributed by atoms with Gasteiger partial charge in [0.2, 0.25) is 15.0 Å². The molecule has 0 amide bonds. The quantitative estimate of drug-likeness (QED) is 0.793. The van der Waals surface area contributed by atoms with Crippen LogP contribution in [0.25, 0.3) is 0 Å². The molecule has 0 saturated carbocycles. The highest BCUT2D eigenvalue weighted by molar-refractivity contribution is 7.90. The normalized spacial score (nSPS) is 15.5. The standard InChI is InChI=1S/C15H21N5O3S/c1-4-20-8-11(10(2)18-20)7-19-6-5-13-12(9-19)14(21)17-15(16-13)24(3,22)23/h8H,4-7,9H2,1-3H3,(H,16,17,21). The van der Waals surface area contributed by atoms with Crippen molar-refractivity contribution in [2.45, 2.75) is 45.1 Å². The molecule has 1 aliphatic rings. The van der Waals surface area contributed by atoms with E-state index in [0.29, 0.717) is 30.8 Å². The van der Waals surface area contributed by atoms with Crippen LogP contribution in [0.15, 0.2) is 16.1 Å². The molecule has 0 bridgehead atoms. The molecule has 0 saturated heterocycles. The van der Waals surface area contributed by atoms with Crippen molar-refractivity contribution in [1.82, 2.24) is 24.6 Å². The molecule has 0 spiro atoms. The second-order valence-electron chi connectivity index (χ2n) is 6.12. The molecule has 1 aliphatic heterocycles. The zero-order valence-electron chi connectivity index (χ0n) is 14.0. The van der Waals surface area contributed by atoms with Crippen LogP contribution in [-0.2, 0) is 35.9 Å². The average Bonchev–Trinajstić information content (AvgIpc) is 2.87. The summed E-state index contributed by atoms with van der Waals surface area (Å²) in [5.41, 5.74) is 2.89. The van der Waals surface area contributed by atoms with Gasteiger partial charge < -0.3 is 0 Å². The Balaban J connectivity index is 1.84. The minimum atomic E-state index is -3.52. The van der Waals surface area contributed by atoms with Crippen LogP contribution >= 0.6 is 0 Å². The molecule has 0 unspecified atom stereocenters. The van der Waals surface area contributed by atoms with Crippen molar-refractivity contribution in [2.24, 2.45) is 0 Å². The minimum Gasteiger partial charge on any atom is -0.297 e. The fraction of sp³-hybridized carbons (Fsp3) is 0.533. The van der Waals surface area contributed by atoms with Crippen LogP contribution in [0.4, 0.5) is 0 Å². The first-order valence-corrected chi connectivity index (χ1v) is 9.74. The molecular formula is C15H21N5O3S. The number of rotatable bonds is 4. The van der Waals surface area contributed by atoms with E-state index < -0.39 is 9.84 Å². The van der Waals surface area contributed by atoms with Gasteiger partial charge in [-0.3, -0.25) is 19.4 Å². The van der Waals surface area contributed by atoms with Crippen LogP contribution in [-0.4, -0.2) is 45.9 Å². The van der Waals surface area contributed by atoms with Gasteiger partial charge in [0.05, 0.1) is 17.0 Å². The molecule has 3 rings (SSSR count). The molecular weight excluding hydrogens is 330 g/mol. The summed E-state index contributed by atoms with van der Waals surface area (Å²) in [6.07, 6.45) is 3.63. The Hall–Kier alpha value is -2.00. The van der Waals surface area contributed by atoms with Gasteiger partial charge in [0, 0.05) is 50.6 Å². The zero-order chi connectivity index (χ0) is 17.5. The number of aromatic nitrogens is 4. The van der Waals surface area contributed by atoms with Gasteiger partial charge in [0.25, 0.3) is 5.56 Å². The van der Waals surface area contributed by atoms with Crippen LogP contribution in [0, 0.1) is 6.92 Å². The van der Waals surface area contributed by atoms with Gasteiger partial charge in [-0.2, -0.15) is 5.10 Å². The zero-order valence-corrected chi connectivity index (χ0v) is 14.9. The van der Waals surface area contributed by atoms with E-state index in [9.17, 15) is 13.2 Å². The van der Waals surface area contributed by atoms with Gasteiger partial charge in [0.1, 0.15) is 0 Å². The lowest BCUT2D eigenvalue weighted by Crippen LogP contribution is -2.36. The molecule has 0 aliphatic carbocycles. The highest BCUT2D eigenvalue weighted by atomic mass is 32.2. The fourth-order valence-corrected chi connectivity index (χ4v) is 3.44. The summed E-state index contributed by atoms with van der Waals surface area (Å²) in [5, 5.41) is 4.19. The van der Waals surface area contributed by atoms with Crippen molar-refractivity contribution in [3.8, 4) is 0 Å². The highest BCUT2D eigenvalue weighted by Gasteiger charge is 2.24. The van der Waals surface area contributed by atoms with Crippen LogP contribution < -0.4 is 5.56 Å². The van der Waals surface area contributed by atoms with Crippen molar-refractivity contribution in [3.63, 3.8) is 0 Å². The molecule has 24 heavy (non-hydrogen) atoms. The summed E-state index contributed by atoms with van der Waals surface area (Å²) in [7, 11) is -3.52. The summed E-state index contributed by atoms with van der Waals surface area (Å²) in [6.45, 7) is 6.73. The van der Waals surface area contributed by atoms with E-state index in [4.69, 9.17) is 0 Å². The molecule has 0 aromatic carbocycles. The van der Waals surface area contributed by atoms with Gasteiger partial charge >= 0.3 is 0 Å². The minimum absolute atomic E-state index is 0.250. The lowest BCUT2D eigenvalue weighted by Gasteiger charge is -2.27. The third kappa shape index (κ3) is 3.27. The molecule has 2 aromatic rings. The molecule has 8 nitrogen and oxygen atoms in total. The highest BCUT2D eigenvalue weighted by Crippen LogP contribution is 2.18. The molecule has 1 N–H and O–H groups in total. The monoisotopic (exact) mass is 351 g/mol. The number of hydrogen-bond acceptors (Lipinski definition) is 6. The first-order valence-electron chi connectivity index (χ1n) is 7.85. The number of fused-ring (bicyclic) bond motifs is 1. The Morgan fingerprint density at radius 3 is 2.75 bits per heavy atom. The number of H-pyrrole nitrogens is 1. The predicted molar refractivity (Wildman–Crippen MR) is 88.4 cm³/mol. The van der Waals surface area contributed by atoms with E-state index in [2.05, 4.69) is 20.0 Å². The predicted octanol–water partition coefficient (Wildman–Crippen LogP) is 0.257. The maximum absolute atomic E-state index is 12.2. The second-order valence-corrected chi connectivity index (χ2v) is 8.06. The molecule has 0 atom stereocenters. The molecule has 9 heteroatoms. The third-order valence-electron chi connectivity index (χ3n) is 4.24. The van der Waals surface area contributed by atoms with E-state index in [-0.39, 0.29) is 10.7 Å². The first-order chi connectivity index (χ1) is 11.3. The average molecular weight is 351 g/mol. The van der Waals surface area contributed by atoms with Gasteiger partial charge in [0.15, 0.2) is 0 Å². The fourth-order valence-electron chi connectivity index (χ4n) is 2.89. The summed E-state index contributed by atoms with van der Waals surface area (Å²) in [5.74, 6) is 0. The topological polar surface area (TPSA) is 101 Å². The molecule has 130 valence electrons. The maximum Gasteiger partial charge on any atom is 0.256 e. The van der Waals surface area contributed by atoms with Crippen molar-refractivity contribution < 1.29 is 8.42 Å². The maximum atomic E-state index is 12.2. The van der Waals surface area contributed by atoms with Crippen LogP contribution in [0.3, 0.4) is 0 Å². The van der Waals surface area contributed by atoms with E-state index >= 15 is 0 Å². The smallest absolute Gasteiger partial charge is 0.256 e. The van der Waals surface area contributed by atoms with Crippen molar-refractivity contribution >= 4 is 9.84 Å². The SMILES string of the molecule is CCn1cc(CN2CCc3nc(S(C)(=O)=O)[nH]c(=O)c3C2)c(C)n1. The number of hydrogen-bond donors (Lipinski definition) is 1. The second kappa shape index (κ2) is 6.14. The van der Waals surface area contributed by atoms with Crippen LogP contribution in [0.1, 0.15) is 29.4 Å². The Morgan fingerprint density at radius 1 is 1.38 bits per heavy atom. The Bertz CT molecular complexity index is 929. The molecule has 3 heterocycles. The summed E-state index contributed by atoms with van der Waals surface area (Å²) < 4.78 is 25.1. The Kier molecular flexibility index (Phi) is 4.31. The van der Waals surface area contributed by atoms with Crippen molar-refractivity contribution in [3.05, 3.63) is 39.1 Å². The number of nitrogens with one attached hydrogen (secondary N) is 1. The van der Waals surface area contributed by atoms with E-state index in [1.165, 1.54) is 0 Å². The summed E-state index contributed by atoms with van der Waals surface area (Å²) >= 11 is 0. The third-order valence-corrected chi connectivity index (χ3v) is 5.14. The van der Waals surface area contributed by atoms with E-state index in [0.717, 1.165) is 30.6 Å². The Labute approximate surface area is 140 Å². The van der Waals surface area contributed by atoms with Crippen LogP contribution in [0.5, 0.6) is 0 Å². The lowest BCUT2D eigenvalue weighted by atomic mass is 10.1. The summed E-state index contributed by atoms with van der Waals surface area (Å²) in [4.78, 5) is 20.9. The van der Waals surface area contributed by atoms with Gasteiger partial charge in [-0.15, -0.1) is 0 Å². The van der Waals surface area contributed by atoms with Gasteiger partial charge in [-0.1, -0.05) is 0 Å². The van der Waals surface area contributed by atoms with Gasteiger partial charge in [-0.05, 0) is 13.8 Å². The summed E-state index contributed by atoms with van der Waals surface area (Å²) in [6, 6.07) is 0. The van der Waals surface area contributed by atoms with Crippen molar-refractivity contribution in [1.29, 1.82) is 0 Å². The Morgan fingerprint density at radius 2 is 2.12 bits per heavy atom. The van der Waals surface area contributed by atoms with E-state index in [1.807, 2.05) is 24.7 Å². The lowest BCUT2D eigenvalue weighted by molar-refractivity contribution is 0.240. The molecule has 0 radical (unpaired) electrons. The number of aryl methyl sites for hydroxylation is 2. The number of nitrogens with zero attached hydrogens (tertiary/aromatic N) is 4. The number of aromatic amines is 1. The first kappa shape index (κ1) is 16.8. The van der Waals surface area contributed by atoms with Crippen LogP contribution in [0.2, 0.25) is 0 Å². The largest absolute Gasteiger partial charge is 0.297 e. The van der Waals surface area contributed by atoms with Gasteiger partial charge in [-0.25, -0.2) is 13.4 Å². The van der Waals surface area contributed by atoms with E-state index in [1.54, 1.807) is 0 Å².